The van der Waals surface area contributed by atoms with Crippen LogP contribution in [0.25, 0.3) is 0 Å². The minimum absolute atomic E-state index is 0.168. The van der Waals surface area contributed by atoms with E-state index in [1.807, 2.05) is 0 Å². The Kier molecular flexibility index (Phi) is 7.63. The van der Waals surface area contributed by atoms with E-state index >= 15 is 0 Å². The number of halogens is 1. The number of carbonyl (C=O) groups is 1. The summed E-state index contributed by atoms with van der Waals surface area (Å²) in [5, 5.41) is 2.76. The van der Waals surface area contributed by atoms with Gasteiger partial charge in [0, 0.05) is 25.3 Å². The molecule has 0 aliphatic rings. The zero-order valence-electron chi connectivity index (χ0n) is 16.4. The lowest BCUT2D eigenvalue weighted by Crippen LogP contribution is -2.22. The molecule has 0 aromatic heterocycles. The van der Waals surface area contributed by atoms with E-state index in [0.717, 1.165) is 10.7 Å². The minimum atomic E-state index is -3.50. The van der Waals surface area contributed by atoms with Crippen molar-refractivity contribution in [3.63, 3.8) is 0 Å². The summed E-state index contributed by atoms with van der Waals surface area (Å²) in [5.41, 5.74) is 0.976. The molecule has 0 aliphatic heterocycles. The molecule has 28 heavy (non-hydrogen) atoms. The Balaban J connectivity index is 2.05. The smallest absolute Gasteiger partial charge is 0.255 e. The van der Waals surface area contributed by atoms with Crippen molar-refractivity contribution in [2.45, 2.75) is 25.2 Å². The van der Waals surface area contributed by atoms with Crippen molar-refractivity contribution in [3.05, 3.63) is 52.5 Å². The Hall–Kier alpha value is -1.90. The lowest BCUT2D eigenvalue weighted by Gasteiger charge is -2.13. The van der Waals surface area contributed by atoms with Crippen LogP contribution in [0, 0.1) is 5.92 Å². The van der Waals surface area contributed by atoms with E-state index < -0.39 is 10.0 Å². The minimum Gasteiger partial charge on any atom is -0.492 e. The normalized spacial score (nSPS) is 11.7. The first-order valence-corrected chi connectivity index (χ1v) is 11.1. The van der Waals surface area contributed by atoms with Crippen LogP contribution >= 0.6 is 15.9 Å². The Morgan fingerprint density at radius 1 is 1.14 bits per heavy atom. The highest BCUT2D eigenvalue weighted by atomic mass is 79.9. The number of carbonyl (C=O) groups excluding carboxylic acids is 1. The highest BCUT2D eigenvalue weighted by Crippen LogP contribution is 2.27. The molecule has 1 N–H and O–H groups in total. The molecule has 0 spiro atoms. The van der Waals surface area contributed by atoms with E-state index in [2.05, 4.69) is 35.1 Å². The van der Waals surface area contributed by atoms with Gasteiger partial charge < -0.3 is 10.1 Å². The molecule has 0 saturated carbocycles. The van der Waals surface area contributed by atoms with Crippen molar-refractivity contribution in [3.8, 4) is 5.75 Å². The van der Waals surface area contributed by atoms with Gasteiger partial charge >= 0.3 is 0 Å². The molecule has 6 nitrogen and oxygen atoms in total. The monoisotopic (exact) mass is 468 g/mol. The summed E-state index contributed by atoms with van der Waals surface area (Å²) in [7, 11) is -0.555. The average Bonchev–Trinajstić information content (AvgIpc) is 2.63. The number of nitrogens with one attached hydrogen (secondary N) is 1. The lowest BCUT2D eigenvalue weighted by molar-refractivity contribution is 0.102. The van der Waals surface area contributed by atoms with Crippen LogP contribution in [-0.2, 0) is 10.0 Å². The average molecular weight is 469 g/mol. The maximum Gasteiger partial charge on any atom is 0.255 e. The molecule has 8 heteroatoms. The molecule has 0 radical (unpaired) electrons. The highest BCUT2D eigenvalue weighted by Gasteiger charge is 2.17. The number of ether oxygens (including phenoxy) is 1. The number of rotatable bonds is 8. The molecule has 0 atom stereocenters. The van der Waals surface area contributed by atoms with Gasteiger partial charge in [-0.15, -0.1) is 0 Å². The van der Waals surface area contributed by atoms with Crippen molar-refractivity contribution < 1.29 is 17.9 Å². The number of sulfonamides is 1. The summed E-state index contributed by atoms with van der Waals surface area (Å²) in [5.74, 6) is 0.955. The van der Waals surface area contributed by atoms with Crippen molar-refractivity contribution in [2.75, 3.05) is 26.0 Å². The second-order valence-electron chi connectivity index (χ2n) is 6.94. The van der Waals surface area contributed by atoms with Crippen LogP contribution < -0.4 is 10.1 Å². The number of hydrogen-bond donors (Lipinski definition) is 1. The van der Waals surface area contributed by atoms with Crippen LogP contribution in [-0.4, -0.2) is 39.3 Å². The van der Waals surface area contributed by atoms with Gasteiger partial charge in [0.1, 0.15) is 5.75 Å². The molecule has 2 rings (SSSR count). The summed E-state index contributed by atoms with van der Waals surface area (Å²) in [6.07, 6.45) is 0.953. The van der Waals surface area contributed by atoms with Crippen molar-refractivity contribution >= 4 is 37.5 Å². The molecular formula is C20H25BrN2O4S. The summed E-state index contributed by atoms with van der Waals surface area (Å²) in [6, 6.07) is 11.2. The Morgan fingerprint density at radius 2 is 1.79 bits per heavy atom. The van der Waals surface area contributed by atoms with Gasteiger partial charge in [0.05, 0.1) is 16.0 Å². The molecule has 0 fully saturated rings. The van der Waals surface area contributed by atoms with E-state index in [1.54, 1.807) is 30.3 Å². The van der Waals surface area contributed by atoms with Gasteiger partial charge in [-0.3, -0.25) is 4.79 Å². The van der Waals surface area contributed by atoms with Crippen molar-refractivity contribution in [2.24, 2.45) is 5.92 Å². The fraction of sp³-hybridized carbons (Fsp3) is 0.350. The lowest BCUT2D eigenvalue weighted by atomic mass is 10.1. The maximum absolute atomic E-state index is 12.5. The van der Waals surface area contributed by atoms with Crippen molar-refractivity contribution in [1.82, 2.24) is 4.31 Å². The number of benzene rings is 2. The molecule has 2 aromatic carbocycles. The van der Waals surface area contributed by atoms with Crippen LogP contribution in [0.15, 0.2) is 51.8 Å². The highest BCUT2D eigenvalue weighted by molar-refractivity contribution is 9.10. The predicted octanol–water partition coefficient (Wildman–Crippen LogP) is 4.38. The van der Waals surface area contributed by atoms with Crippen molar-refractivity contribution in [1.29, 1.82) is 0 Å². The van der Waals surface area contributed by atoms with Crippen LogP contribution in [0.5, 0.6) is 5.75 Å². The first-order chi connectivity index (χ1) is 13.1. The SMILES string of the molecule is CC(C)CCOc1ccc(C(=O)Nc2ccc(S(=O)(=O)N(C)C)cc2)cc1Br. The summed E-state index contributed by atoms with van der Waals surface area (Å²) in [6.45, 7) is 4.88. The van der Waals surface area contributed by atoms with Crippen LogP contribution in [0.3, 0.4) is 0 Å². The summed E-state index contributed by atoms with van der Waals surface area (Å²) >= 11 is 3.44. The van der Waals surface area contributed by atoms with E-state index in [9.17, 15) is 13.2 Å². The predicted molar refractivity (Wildman–Crippen MR) is 114 cm³/mol. The molecule has 0 unspecified atom stereocenters. The quantitative estimate of drug-likeness (QED) is 0.623. The largest absolute Gasteiger partial charge is 0.492 e. The van der Waals surface area contributed by atoms with E-state index in [4.69, 9.17) is 4.74 Å². The number of hydrogen-bond acceptors (Lipinski definition) is 4. The molecule has 0 saturated heterocycles. The standard InChI is InChI=1S/C20H25BrN2O4S/c1-14(2)11-12-27-19-10-5-15(13-18(19)21)20(24)22-16-6-8-17(9-7-16)28(25,26)23(3)4/h5-10,13-14H,11-12H2,1-4H3,(H,22,24). The maximum atomic E-state index is 12.5. The third-order valence-corrected chi connectivity index (χ3v) is 6.49. The molecular weight excluding hydrogens is 444 g/mol. The zero-order valence-corrected chi connectivity index (χ0v) is 18.8. The first-order valence-electron chi connectivity index (χ1n) is 8.87. The topological polar surface area (TPSA) is 75.7 Å². The third-order valence-electron chi connectivity index (χ3n) is 4.04. The first kappa shape index (κ1) is 22.4. The van der Waals surface area contributed by atoms with Gasteiger partial charge in [0.2, 0.25) is 10.0 Å². The molecule has 1 amide bonds. The van der Waals surface area contributed by atoms with Gasteiger partial charge in [0.25, 0.3) is 5.91 Å². The second-order valence-corrected chi connectivity index (χ2v) is 9.95. The second kappa shape index (κ2) is 9.54. The van der Waals surface area contributed by atoms with Crippen LogP contribution in [0.4, 0.5) is 5.69 Å². The Labute approximate surface area is 175 Å². The fourth-order valence-electron chi connectivity index (χ4n) is 2.29. The molecule has 0 aliphatic carbocycles. The number of amides is 1. The third kappa shape index (κ3) is 5.80. The van der Waals surface area contributed by atoms with Gasteiger partial charge in [-0.1, -0.05) is 13.8 Å². The van der Waals surface area contributed by atoms with Gasteiger partial charge in [-0.05, 0) is 70.7 Å². The van der Waals surface area contributed by atoms with E-state index in [-0.39, 0.29) is 10.8 Å². The van der Waals surface area contributed by atoms with Gasteiger partial charge in [-0.25, -0.2) is 12.7 Å². The molecule has 0 bridgehead atoms. The van der Waals surface area contributed by atoms with Gasteiger partial charge in [-0.2, -0.15) is 0 Å². The molecule has 2 aromatic rings. The van der Waals surface area contributed by atoms with E-state index in [1.165, 1.54) is 26.2 Å². The fourth-order valence-corrected chi connectivity index (χ4v) is 3.68. The number of anilines is 1. The van der Waals surface area contributed by atoms with Crippen LogP contribution in [0.2, 0.25) is 0 Å². The summed E-state index contributed by atoms with van der Waals surface area (Å²) in [4.78, 5) is 12.6. The van der Waals surface area contributed by atoms with E-state index in [0.29, 0.717) is 34.0 Å². The van der Waals surface area contributed by atoms with Crippen LogP contribution in [0.1, 0.15) is 30.6 Å². The Morgan fingerprint density at radius 3 is 2.32 bits per heavy atom. The molecule has 152 valence electrons. The summed E-state index contributed by atoms with van der Waals surface area (Å²) < 4.78 is 31.8. The Bertz CT molecular complexity index is 926. The van der Waals surface area contributed by atoms with Gasteiger partial charge in [0.15, 0.2) is 0 Å². The molecule has 0 heterocycles. The number of nitrogens with zero attached hydrogens (tertiary/aromatic N) is 1. The zero-order chi connectivity index (χ0) is 20.9.